The fourth-order valence-corrected chi connectivity index (χ4v) is 3.50. The van der Waals surface area contributed by atoms with Crippen LogP contribution >= 0.6 is 15.9 Å². The number of imidazole rings is 1. The summed E-state index contributed by atoms with van der Waals surface area (Å²) in [5.41, 5.74) is 3.25. The Balaban J connectivity index is 1.58. The van der Waals surface area contributed by atoms with E-state index in [9.17, 15) is 0 Å². The van der Waals surface area contributed by atoms with Crippen molar-refractivity contribution in [2.24, 2.45) is 0 Å². The molecule has 5 nitrogen and oxygen atoms in total. The molecule has 0 saturated heterocycles. The molecular weight excluding hydrogens is 406 g/mol. The fourth-order valence-electron chi connectivity index (χ4n) is 2.89. The molecule has 0 aliphatic rings. The molecule has 1 aromatic heterocycles. The van der Waals surface area contributed by atoms with Crippen molar-refractivity contribution in [3.8, 4) is 11.5 Å². The Hall–Kier alpha value is -2.05. The van der Waals surface area contributed by atoms with Gasteiger partial charge in [-0.3, -0.25) is 0 Å². The van der Waals surface area contributed by atoms with Crippen LogP contribution in [0.25, 0.3) is 11.0 Å². The number of aromatic nitrogens is 2. The Morgan fingerprint density at radius 2 is 2.00 bits per heavy atom. The van der Waals surface area contributed by atoms with E-state index in [4.69, 9.17) is 9.47 Å². The largest absolute Gasteiger partial charge is 0.490 e. The van der Waals surface area contributed by atoms with Crippen LogP contribution in [0.1, 0.15) is 31.7 Å². The number of hydrogen-bond donors (Lipinski definition) is 2. The quantitative estimate of drug-likeness (QED) is 0.450. The predicted molar refractivity (Wildman–Crippen MR) is 113 cm³/mol. The molecule has 0 unspecified atom stereocenters. The third-order valence-electron chi connectivity index (χ3n) is 4.13. The fraction of sp³-hybridized carbons (Fsp3) is 0.381. The molecule has 1 heterocycles. The number of hydrogen-bond acceptors (Lipinski definition) is 4. The molecule has 0 spiro atoms. The minimum atomic E-state index is 0.609. The number of halogens is 1. The first-order valence-corrected chi connectivity index (χ1v) is 10.2. The monoisotopic (exact) mass is 431 g/mol. The first-order chi connectivity index (χ1) is 13.2. The van der Waals surface area contributed by atoms with E-state index in [1.165, 1.54) is 0 Å². The average molecular weight is 432 g/mol. The molecule has 144 valence electrons. The van der Waals surface area contributed by atoms with E-state index in [1.807, 2.05) is 37.3 Å². The number of benzene rings is 2. The van der Waals surface area contributed by atoms with Gasteiger partial charge < -0.3 is 19.8 Å². The average Bonchev–Trinajstić information content (AvgIpc) is 3.08. The van der Waals surface area contributed by atoms with Crippen LogP contribution < -0.4 is 14.8 Å². The van der Waals surface area contributed by atoms with Gasteiger partial charge in [0.2, 0.25) is 0 Å². The Morgan fingerprint density at radius 1 is 1.15 bits per heavy atom. The minimum Gasteiger partial charge on any atom is -0.490 e. The summed E-state index contributed by atoms with van der Waals surface area (Å²) in [4.78, 5) is 7.97. The van der Waals surface area contributed by atoms with Gasteiger partial charge in [-0.15, -0.1) is 0 Å². The summed E-state index contributed by atoms with van der Waals surface area (Å²) in [6.45, 7) is 6.96. The summed E-state index contributed by atoms with van der Waals surface area (Å²) in [6.07, 6.45) is 1.81. The lowest BCUT2D eigenvalue weighted by molar-refractivity contribution is 0.275. The molecular formula is C21H26BrN3O2. The Bertz CT molecular complexity index is 846. The molecule has 3 rings (SSSR count). The number of aromatic amines is 1. The summed E-state index contributed by atoms with van der Waals surface area (Å²) in [6, 6.07) is 12.2. The van der Waals surface area contributed by atoms with Crippen LogP contribution in [0.2, 0.25) is 0 Å². The lowest BCUT2D eigenvalue weighted by Gasteiger charge is -2.15. The van der Waals surface area contributed by atoms with E-state index in [2.05, 4.69) is 44.2 Å². The van der Waals surface area contributed by atoms with E-state index in [-0.39, 0.29) is 0 Å². The highest BCUT2D eigenvalue weighted by Crippen LogP contribution is 2.37. The summed E-state index contributed by atoms with van der Waals surface area (Å²) >= 11 is 3.62. The van der Waals surface area contributed by atoms with E-state index < -0.39 is 0 Å². The molecule has 0 aliphatic heterocycles. The second-order valence-corrected chi connectivity index (χ2v) is 7.17. The molecule has 0 saturated carbocycles. The molecule has 0 amide bonds. The molecule has 6 heteroatoms. The number of fused-ring (bicyclic) bond motifs is 1. The van der Waals surface area contributed by atoms with Gasteiger partial charge in [-0.2, -0.15) is 0 Å². The van der Waals surface area contributed by atoms with Crippen molar-refractivity contribution in [1.82, 2.24) is 15.3 Å². The van der Waals surface area contributed by atoms with Crippen molar-refractivity contribution < 1.29 is 9.47 Å². The Kier molecular flexibility index (Phi) is 7.12. The number of nitrogens with zero attached hydrogens (tertiary/aromatic N) is 1. The van der Waals surface area contributed by atoms with Gasteiger partial charge in [-0.25, -0.2) is 4.98 Å². The number of para-hydroxylation sites is 2. The van der Waals surface area contributed by atoms with E-state index in [0.717, 1.165) is 64.3 Å². The van der Waals surface area contributed by atoms with Gasteiger partial charge >= 0.3 is 0 Å². The second-order valence-electron chi connectivity index (χ2n) is 6.31. The number of ether oxygens (including phenoxy) is 2. The normalized spacial score (nSPS) is 11.1. The van der Waals surface area contributed by atoms with E-state index >= 15 is 0 Å². The number of H-pyrrole nitrogens is 1. The van der Waals surface area contributed by atoms with Crippen molar-refractivity contribution in [1.29, 1.82) is 0 Å². The SMILES string of the molecule is CCCOc1c(Br)cc(CNCCc2nc3ccccc3[nH]2)cc1OCC. The van der Waals surface area contributed by atoms with Crippen molar-refractivity contribution in [2.75, 3.05) is 19.8 Å². The van der Waals surface area contributed by atoms with Crippen LogP contribution in [-0.4, -0.2) is 29.7 Å². The van der Waals surface area contributed by atoms with Crippen molar-refractivity contribution in [3.63, 3.8) is 0 Å². The zero-order valence-corrected chi connectivity index (χ0v) is 17.4. The molecule has 27 heavy (non-hydrogen) atoms. The summed E-state index contributed by atoms with van der Waals surface area (Å²) < 4.78 is 12.5. The van der Waals surface area contributed by atoms with Crippen molar-refractivity contribution in [2.45, 2.75) is 33.2 Å². The van der Waals surface area contributed by atoms with Crippen LogP contribution in [-0.2, 0) is 13.0 Å². The van der Waals surface area contributed by atoms with Gasteiger partial charge in [-0.05, 0) is 59.1 Å². The molecule has 0 bridgehead atoms. The zero-order valence-electron chi connectivity index (χ0n) is 15.8. The molecule has 3 aromatic rings. The van der Waals surface area contributed by atoms with Crippen LogP contribution in [0, 0.1) is 0 Å². The molecule has 0 aliphatic carbocycles. The third kappa shape index (κ3) is 5.23. The highest BCUT2D eigenvalue weighted by molar-refractivity contribution is 9.10. The van der Waals surface area contributed by atoms with Gasteiger partial charge in [-0.1, -0.05) is 19.1 Å². The van der Waals surface area contributed by atoms with Gasteiger partial charge in [0.15, 0.2) is 11.5 Å². The highest BCUT2D eigenvalue weighted by atomic mass is 79.9. The smallest absolute Gasteiger partial charge is 0.175 e. The van der Waals surface area contributed by atoms with E-state index in [1.54, 1.807) is 0 Å². The van der Waals surface area contributed by atoms with Gasteiger partial charge in [0.25, 0.3) is 0 Å². The van der Waals surface area contributed by atoms with Gasteiger partial charge in [0, 0.05) is 19.5 Å². The van der Waals surface area contributed by atoms with Crippen molar-refractivity contribution >= 4 is 27.0 Å². The summed E-state index contributed by atoms with van der Waals surface area (Å²) in [5, 5.41) is 3.48. The third-order valence-corrected chi connectivity index (χ3v) is 4.71. The lowest BCUT2D eigenvalue weighted by Crippen LogP contribution is -2.17. The second kappa shape index (κ2) is 9.76. The first kappa shape index (κ1) is 19.7. The number of nitrogens with one attached hydrogen (secondary N) is 2. The standard InChI is InChI=1S/C21H26BrN3O2/c1-3-11-27-21-16(22)12-15(13-19(21)26-4-2)14-23-10-9-20-24-17-7-5-6-8-18(17)25-20/h5-8,12-13,23H,3-4,9-11,14H2,1-2H3,(H,24,25). The molecule has 0 fully saturated rings. The minimum absolute atomic E-state index is 0.609. The molecule has 2 aromatic carbocycles. The molecule has 2 N–H and O–H groups in total. The van der Waals surface area contributed by atoms with Crippen molar-refractivity contribution in [3.05, 3.63) is 52.3 Å². The molecule has 0 atom stereocenters. The summed E-state index contributed by atoms with van der Waals surface area (Å²) in [5.74, 6) is 2.57. The van der Waals surface area contributed by atoms with E-state index in [0.29, 0.717) is 13.2 Å². The Labute approximate surface area is 168 Å². The maximum atomic E-state index is 5.83. The van der Waals surface area contributed by atoms with Crippen LogP contribution in [0.5, 0.6) is 11.5 Å². The maximum Gasteiger partial charge on any atom is 0.175 e. The first-order valence-electron chi connectivity index (χ1n) is 9.43. The predicted octanol–water partition coefficient (Wildman–Crippen LogP) is 4.85. The van der Waals surface area contributed by atoms with Crippen LogP contribution in [0.4, 0.5) is 0 Å². The molecule has 0 radical (unpaired) electrons. The Morgan fingerprint density at radius 3 is 2.78 bits per heavy atom. The lowest BCUT2D eigenvalue weighted by atomic mass is 10.2. The van der Waals surface area contributed by atoms with Crippen LogP contribution in [0.3, 0.4) is 0 Å². The maximum absolute atomic E-state index is 5.83. The van der Waals surface area contributed by atoms with Gasteiger partial charge in [0.1, 0.15) is 5.82 Å². The summed E-state index contributed by atoms with van der Waals surface area (Å²) in [7, 11) is 0. The topological polar surface area (TPSA) is 59.2 Å². The van der Waals surface area contributed by atoms with Gasteiger partial charge in [0.05, 0.1) is 28.7 Å². The van der Waals surface area contributed by atoms with Crippen LogP contribution in [0.15, 0.2) is 40.9 Å². The highest BCUT2D eigenvalue weighted by Gasteiger charge is 2.12. The number of rotatable bonds is 10. The zero-order chi connectivity index (χ0) is 19.1.